The summed E-state index contributed by atoms with van der Waals surface area (Å²) in [6.45, 7) is 5.89. The number of piperidine rings is 1. The van der Waals surface area contributed by atoms with E-state index in [9.17, 15) is 23.1 Å². The van der Waals surface area contributed by atoms with Gasteiger partial charge in [0.2, 0.25) is 15.9 Å². The minimum absolute atomic E-state index is 0.0545. The number of nitrogens with one attached hydrogen (secondary N) is 1. The molecule has 7 nitrogen and oxygen atoms in total. The maximum Gasteiger partial charge on any atom is 0.326 e. The van der Waals surface area contributed by atoms with Crippen molar-refractivity contribution in [3.8, 4) is 0 Å². The first-order chi connectivity index (χ1) is 10.2. The molecular formula is C14H26N2O5S. The lowest BCUT2D eigenvalue weighted by atomic mass is 9.94. The molecule has 128 valence electrons. The van der Waals surface area contributed by atoms with E-state index < -0.39 is 22.0 Å². The zero-order chi connectivity index (χ0) is 16.9. The van der Waals surface area contributed by atoms with Crippen LogP contribution in [0.3, 0.4) is 0 Å². The molecule has 0 spiro atoms. The lowest BCUT2D eigenvalue weighted by Gasteiger charge is -2.31. The average molecular weight is 334 g/mol. The molecule has 1 fully saturated rings. The Labute approximate surface area is 132 Å². The number of sulfonamides is 1. The van der Waals surface area contributed by atoms with Crippen LogP contribution in [-0.2, 0) is 19.6 Å². The molecule has 2 N–H and O–H groups in total. The Hall–Kier alpha value is -1.15. The van der Waals surface area contributed by atoms with Crippen molar-refractivity contribution in [1.29, 1.82) is 0 Å². The molecule has 0 aromatic carbocycles. The van der Waals surface area contributed by atoms with E-state index in [1.807, 2.05) is 6.92 Å². The van der Waals surface area contributed by atoms with E-state index in [1.165, 1.54) is 4.31 Å². The molecule has 1 heterocycles. The largest absolute Gasteiger partial charge is 0.480 e. The fourth-order valence-corrected chi connectivity index (χ4v) is 3.67. The smallest absolute Gasteiger partial charge is 0.326 e. The van der Waals surface area contributed by atoms with E-state index in [4.69, 9.17) is 0 Å². The van der Waals surface area contributed by atoms with Crippen LogP contribution in [0, 0.1) is 11.8 Å². The second-order valence-electron chi connectivity index (χ2n) is 5.78. The van der Waals surface area contributed by atoms with Gasteiger partial charge >= 0.3 is 5.97 Å². The topological polar surface area (TPSA) is 104 Å². The Morgan fingerprint density at radius 1 is 1.27 bits per heavy atom. The maximum atomic E-state index is 12.2. The van der Waals surface area contributed by atoms with Crippen molar-refractivity contribution < 1.29 is 23.1 Å². The molecule has 0 radical (unpaired) electrons. The van der Waals surface area contributed by atoms with Gasteiger partial charge in [0.25, 0.3) is 0 Å². The highest BCUT2D eigenvalue weighted by molar-refractivity contribution is 7.89. The summed E-state index contributed by atoms with van der Waals surface area (Å²) in [5.41, 5.74) is 0. The van der Waals surface area contributed by atoms with Crippen LogP contribution in [0.4, 0.5) is 0 Å². The number of amides is 1. The molecular weight excluding hydrogens is 308 g/mol. The predicted octanol–water partition coefficient (Wildman–Crippen LogP) is 0.664. The van der Waals surface area contributed by atoms with Gasteiger partial charge in [0.05, 0.1) is 5.75 Å². The average Bonchev–Trinajstić information content (AvgIpc) is 2.51. The number of rotatable bonds is 7. The third kappa shape index (κ3) is 4.67. The van der Waals surface area contributed by atoms with Crippen LogP contribution >= 0.6 is 0 Å². The standard InChI is InChI=1S/C14H26N2O5S/c1-4-10(3)12(14(18)19)15-13(17)11-6-8-16(9-7-11)22(20,21)5-2/h10-12H,4-9H2,1-3H3,(H,15,17)(H,18,19). The minimum Gasteiger partial charge on any atom is -0.480 e. The molecule has 0 saturated carbocycles. The Morgan fingerprint density at radius 3 is 2.23 bits per heavy atom. The first-order valence-electron chi connectivity index (χ1n) is 7.73. The molecule has 2 atom stereocenters. The van der Waals surface area contributed by atoms with Gasteiger partial charge in [-0.15, -0.1) is 0 Å². The van der Waals surface area contributed by atoms with Gasteiger partial charge < -0.3 is 10.4 Å². The maximum absolute atomic E-state index is 12.2. The van der Waals surface area contributed by atoms with Crippen molar-refractivity contribution in [1.82, 2.24) is 9.62 Å². The summed E-state index contributed by atoms with van der Waals surface area (Å²) in [4.78, 5) is 23.5. The summed E-state index contributed by atoms with van der Waals surface area (Å²) in [6.07, 6.45) is 1.51. The Kier molecular flexibility index (Phi) is 6.80. The number of hydrogen-bond donors (Lipinski definition) is 2. The predicted molar refractivity (Wildman–Crippen MR) is 82.8 cm³/mol. The SMILES string of the molecule is CCC(C)C(NC(=O)C1CCN(S(=O)(=O)CC)CC1)C(=O)O. The van der Waals surface area contributed by atoms with Gasteiger partial charge in [-0.1, -0.05) is 20.3 Å². The second kappa shape index (κ2) is 7.92. The highest BCUT2D eigenvalue weighted by atomic mass is 32.2. The summed E-state index contributed by atoms with van der Waals surface area (Å²) >= 11 is 0. The van der Waals surface area contributed by atoms with Crippen molar-refractivity contribution in [2.45, 2.75) is 46.1 Å². The fourth-order valence-electron chi connectivity index (χ4n) is 2.53. The molecule has 1 aliphatic heterocycles. The lowest BCUT2D eigenvalue weighted by molar-refractivity contribution is -0.144. The van der Waals surface area contributed by atoms with Gasteiger partial charge in [-0.25, -0.2) is 17.5 Å². The van der Waals surface area contributed by atoms with Crippen molar-refractivity contribution in [3.63, 3.8) is 0 Å². The van der Waals surface area contributed by atoms with Crippen LogP contribution in [0.1, 0.15) is 40.0 Å². The van der Waals surface area contributed by atoms with E-state index in [0.717, 1.165) is 0 Å². The van der Waals surface area contributed by atoms with E-state index in [1.54, 1.807) is 13.8 Å². The minimum atomic E-state index is -3.22. The molecule has 0 aromatic rings. The lowest BCUT2D eigenvalue weighted by Crippen LogP contribution is -2.49. The van der Waals surface area contributed by atoms with Crippen LogP contribution in [-0.4, -0.2) is 54.6 Å². The summed E-state index contributed by atoms with van der Waals surface area (Å²) in [5.74, 6) is -1.75. The Morgan fingerprint density at radius 2 is 1.82 bits per heavy atom. The van der Waals surface area contributed by atoms with Gasteiger partial charge in [0, 0.05) is 19.0 Å². The summed E-state index contributed by atoms with van der Waals surface area (Å²) in [7, 11) is -3.22. The zero-order valence-electron chi connectivity index (χ0n) is 13.4. The first-order valence-corrected chi connectivity index (χ1v) is 9.34. The molecule has 1 aliphatic rings. The van der Waals surface area contributed by atoms with Crippen molar-refractivity contribution in [2.24, 2.45) is 11.8 Å². The number of aliphatic carboxylic acids is 1. The molecule has 22 heavy (non-hydrogen) atoms. The third-order valence-electron chi connectivity index (χ3n) is 4.36. The van der Waals surface area contributed by atoms with Gasteiger partial charge in [0.15, 0.2) is 0 Å². The van der Waals surface area contributed by atoms with Crippen molar-refractivity contribution >= 4 is 21.9 Å². The van der Waals surface area contributed by atoms with Gasteiger partial charge in [-0.05, 0) is 25.7 Å². The van der Waals surface area contributed by atoms with E-state index >= 15 is 0 Å². The Balaban J connectivity index is 2.60. The molecule has 0 bridgehead atoms. The van der Waals surface area contributed by atoms with Crippen LogP contribution in [0.2, 0.25) is 0 Å². The molecule has 1 saturated heterocycles. The number of nitrogens with zero attached hydrogens (tertiary/aromatic N) is 1. The van der Waals surface area contributed by atoms with Gasteiger partial charge in [0.1, 0.15) is 6.04 Å². The number of carbonyl (C=O) groups is 2. The quantitative estimate of drug-likeness (QED) is 0.712. The van der Waals surface area contributed by atoms with E-state index in [0.29, 0.717) is 32.4 Å². The molecule has 0 aromatic heterocycles. The third-order valence-corrected chi connectivity index (χ3v) is 6.24. The number of carboxylic acids is 1. The molecule has 2 unspecified atom stereocenters. The van der Waals surface area contributed by atoms with Crippen LogP contribution < -0.4 is 5.32 Å². The van der Waals surface area contributed by atoms with Crippen molar-refractivity contribution in [2.75, 3.05) is 18.8 Å². The number of carboxylic acid groups (broad SMARTS) is 1. The second-order valence-corrected chi connectivity index (χ2v) is 8.04. The summed E-state index contributed by atoms with van der Waals surface area (Å²) in [6, 6.07) is -0.894. The molecule has 1 rings (SSSR count). The molecule has 8 heteroatoms. The van der Waals surface area contributed by atoms with Crippen molar-refractivity contribution in [3.05, 3.63) is 0 Å². The molecule has 0 aliphatic carbocycles. The van der Waals surface area contributed by atoms with Gasteiger partial charge in [-0.2, -0.15) is 0 Å². The van der Waals surface area contributed by atoms with E-state index in [2.05, 4.69) is 5.32 Å². The molecule has 1 amide bonds. The van der Waals surface area contributed by atoms with E-state index in [-0.39, 0.29) is 23.5 Å². The van der Waals surface area contributed by atoms with Crippen LogP contribution in [0.25, 0.3) is 0 Å². The highest BCUT2D eigenvalue weighted by Gasteiger charge is 2.33. The van der Waals surface area contributed by atoms with Gasteiger partial charge in [-0.3, -0.25) is 4.79 Å². The highest BCUT2D eigenvalue weighted by Crippen LogP contribution is 2.21. The van der Waals surface area contributed by atoms with Crippen LogP contribution in [0.5, 0.6) is 0 Å². The van der Waals surface area contributed by atoms with Crippen LogP contribution in [0.15, 0.2) is 0 Å². The zero-order valence-corrected chi connectivity index (χ0v) is 14.2. The summed E-state index contributed by atoms with van der Waals surface area (Å²) < 4.78 is 25.0. The number of hydrogen-bond acceptors (Lipinski definition) is 4. The first kappa shape index (κ1) is 18.9. The Bertz CT molecular complexity index is 497. The normalized spacial score (nSPS) is 20.3. The summed E-state index contributed by atoms with van der Waals surface area (Å²) in [5, 5.41) is 11.8. The fraction of sp³-hybridized carbons (Fsp3) is 0.857. The monoisotopic (exact) mass is 334 g/mol. The number of carbonyl (C=O) groups excluding carboxylic acids is 1.